The summed E-state index contributed by atoms with van der Waals surface area (Å²) in [6.45, 7) is 5.85. The maximum Gasteiger partial charge on any atom is 0.220 e. The molecule has 138 valence electrons. The number of nitrogens with one attached hydrogen (secondary N) is 2. The Morgan fingerprint density at radius 3 is 2.44 bits per heavy atom. The van der Waals surface area contributed by atoms with Crippen LogP contribution in [0.5, 0.6) is 0 Å². The number of hydrogen-bond donors (Lipinski definition) is 2. The number of amides is 1. The molecule has 0 saturated carbocycles. The second-order valence-corrected chi connectivity index (χ2v) is 8.71. The molecule has 1 aromatic carbocycles. The van der Waals surface area contributed by atoms with Gasteiger partial charge in [0.1, 0.15) is 11.6 Å². The van der Waals surface area contributed by atoms with Crippen molar-refractivity contribution < 1.29 is 13.6 Å². The molecular formula is C20H28F2N2O. The first-order valence-electron chi connectivity index (χ1n) is 9.22. The summed E-state index contributed by atoms with van der Waals surface area (Å²) in [5.41, 5.74) is -0.0331. The standard InChI is InChI=1S/C20H28F2N2O/c1-20(2,3)19(16-7-4-13(21)11-17(16)22)24-18(25)10-12-8-14-5-6-15(9-12)23-14/h4,7,11-12,14-15,19,23H,5-6,8-10H2,1-3H3,(H,24,25). The van der Waals surface area contributed by atoms with Gasteiger partial charge >= 0.3 is 0 Å². The third-order valence-corrected chi connectivity index (χ3v) is 5.49. The van der Waals surface area contributed by atoms with E-state index in [1.165, 1.54) is 25.0 Å². The van der Waals surface area contributed by atoms with E-state index < -0.39 is 17.7 Å². The SMILES string of the molecule is CC(C)(C)C(NC(=O)CC1CC2CCC(C1)N2)c1ccc(F)cc1F. The molecular weight excluding hydrogens is 322 g/mol. The Balaban J connectivity index is 1.69. The zero-order chi connectivity index (χ0) is 18.2. The molecule has 0 aliphatic carbocycles. The highest BCUT2D eigenvalue weighted by Crippen LogP contribution is 2.36. The second-order valence-electron chi connectivity index (χ2n) is 8.71. The van der Waals surface area contributed by atoms with Crippen LogP contribution in [0.2, 0.25) is 0 Å². The molecule has 2 saturated heterocycles. The summed E-state index contributed by atoms with van der Waals surface area (Å²) in [6, 6.07) is 4.16. The quantitative estimate of drug-likeness (QED) is 0.859. The molecule has 2 N–H and O–H groups in total. The van der Waals surface area contributed by atoms with E-state index in [9.17, 15) is 13.6 Å². The molecule has 2 heterocycles. The Labute approximate surface area is 148 Å². The molecule has 5 heteroatoms. The molecule has 3 atom stereocenters. The average Bonchev–Trinajstić information content (AvgIpc) is 2.83. The van der Waals surface area contributed by atoms with Crippen molar-refractivity contribution in [2.24, 2.45) is 11.3 Å². The van der Waals surface area contributed by atoms with Gasteiger partial charge in [-0.15, -0.1) is 0 Å². The molecule has 0 aromatic heterocycles. The minimum atomic E-state index is -0.611. The van der Waals surface area contributed by atoms with E-state index in [1.54, 1.807) is 0 Å². The van der Waals surface area contributed by atoms with Crippen LogP contribution >= 0.6 is 0 Å². The van der Waals surface area contributed by atoms with E-state index in [-0.39, 0.29) is 11.3 Å². The van der Waals surface area contributed by atoms with E-state index in [4.69, 9.17) is 0 Å². The number of hydrogen-bond acceptors (Lipinski definition) is 2. The summed E-state index contributed by atoms with van der Waals surface area (Å²) in [5.74, 6) is -0.877. The van der Waals surface area contributed by atoms with Gasteiger partial charge in [-0.3, -0.25) is 4.79 Å². The number of halogens is 2. The van der Waals surface area contributed by atoms with Gasteiger partial charge in [0.05, 0.1) is 6.04 Å². The van der Waals surface area contributed by atoms with E-state index in [0.29, 0.717) is 30.0 Å². The summed E-state index contributed by atoms with van der Waals surface area (Å²) in [5, 5.41) is 6.59. The number of carbonyl (C=O) groups is 1. The van der Waals surface area contributed by atoms with Gasteiger partial charge in [-0.05, 0) is 43.1 Å². The molecule has 2 fully saturated rings. The van der Waals surface area contributed by atoms with Crippen molar-refractivity contribution in [2.45, 2.75) is 71.0 Å². The monoisotopic (exact) mass is 350 g/mol. The maximum absolute atomic E-state index is 14.3. The van der Waals surface area contributed by atoms with Crippen LogP contribution in [-0.2, 0) is 4.79 Å². The van der Waals surface area contributed by atoms with Gasteiger partial charge in [-0.25, -0.2) is 8.78 Å². The Hall–Kier alpha value is -1.49. The fraction of sp³-hybridized carbons (Fsp3) is 0.650. The van der Waals surface area contributed by atoms with Crippen molar-refractivity contribution in [3.63, 3.8) is 0 Å². The molecule has 2 aliphatic rings. The predicted octanol–water partition coefficient (Wildman–Crippen LogP) is 4.09. The van der Waals surface area contributed by atoms with Crippen molar-refractivity contribution in [1.29, 1.82) is 0 Å². The van der Waals surface area contributed by atoms with Gasteiger partial charge in [0.25, 0.3) is 0 Å². The Kier molecular flexibility index (Phi) is 5.14. The lowest BCUT2D eigenvalue weighted by atomic mass is 9.81. The predicted molar refractivity (Wildman–Crippen MR) is 94.0 cm³/mol. The highest BCUT2D eigenvalue weighted by Gasteiger charge is 2.35. The zero-order valence-corrected chi connectivity index (χ0v) is 15.2. The van der Waals surface area contributed by atoms with Gasteiger partial charge in [0.15, 0.2) is 0 Å². The van der Waals surface area contributed by atoms with Crippen LogP contribution in [0, 0.1) is 23.0 Å². The fourth-order valence-electron chi connectivity index (χ4n) is 4.32. The average molecular weight is 350 g/mol. The van der Waals surface area contributed by atoms with E-state index in [1.807, 2.05) is 20.8 Å². The van der Waals surface area contributed by atoms with Crippen molar-refractivity contribution >= 4 is 5.91 Å². The molecule has 0 spiro atoms. The van der Waals surface area contributed by atoms with Gasteiger partial charge < -0.3 is 10.6 Å². The van der Waals surface area contributed by atoms with E-state index in [2.05, 4.69) is 10.6 Å². The molecule has 0 radical (unpaired) electrons. The van der Waals surface area contributed by atoms with Crippen molar-refractivity contribution in [2.75, 3.05) is 0 Å². The van der Waals surface area contributed by atoms with Crippen LogP contribution in [0.15, 0.2) is 18.2 Å². The fourth-order valence-corrected chi connectivity index (χ4v) is 4.32. The van der Waals surface area contributed by atoms with Crippen LogP contribution < -0.4 is 10.6 Å². The van der Waals surface area contributed by atoms with Crippen LogP contribution in [0.4, 0.5) is 8.78 Å². The lowest BCUT2D eigenvalue weighted by Crippen LogP contribution is -2.41. The minimum absolute atomic E-state index is 0.0463. The summed E-state index contributed by atoms with van der Waals surface area (Å²) >= 11 is 0. The Morgan fingerprint density at radius 1 is 1.24 bits per heavy atom. The van der Waals surface area contributed by atoms with Crippen molar-refractivity contribution in [3.8, 4) is 0 Å². The third-order valence-electron chi connectivity index (χ3n) is 5.49. The maximum atomic E-state index is 14.3. The summed E-state index contributed by atoms with van der Waals surface area (Å²) in [4.78, 5) is 12.6. The van der Waals surface area contributed by atoms with Gasteiger partial charge in [0.2, 0.25) is 5.91 Å². The first-order chi connectivity index (χ1) is 11.7. The first-order valence-corrected chi connectivity index (χ1v) is 9.22. The summed E-state index contributed by atoms with van der Waals surface area (Å²) in [7, 11) is 0. The van der Waals surface area contributed by atoms with Gasteiger partial charge in [0, 0.05) is 30.1 Å². The molecule has 1 aromatic rings. The lowest BCUT2D eigenvalue weighted by Gasteiger charge is -2.34. The molecule has 3 unspecified atom stereocenters. The third kappa shape index (κ3) is 4.38. The van der Waals surface area contributed by atoms with Crippen LogP contribution in [0.1, 0.15) is 64.5 Å². The summed E-state index contributed by atoms with van der Waals surface area (Å²) in [6.07, 6.45) is 4.95. The Bertz CT molecular complexity index is 629. The van der Waals surface area contributed by atoms with Crippen molar-refractivity contribution in [1.82, 2.24) is 10.6 Å². The minimum Gasteiger partial charge on any atom is -0.349 e. The van der Waals surface area contributed by atoms with Crippen molar-refractivity contribution in [3.05, 3.63) is 35.4 Å². The highest BCUT2D eigenvalue weighted by molar-refractivity contribution is 5.76. The number of carbonyl (C=O) groups excluding carboxylic acids is 1. The highest BCUT2D eigenvalue weighted by atomic mass is 19.1. The smallest absolute Gasteiger partial charge is 0.220 e. The number of fused-ring (bicyclic) bond motifs is 2. The molecule has 3 rings (SSSR count). The van der Waals surface area contributed by atoms with E-state index in [0.717, 1.165) is 18.9 Å². The zero-order valence-electron chi connectivity index (χ0n) is 15.2. The number of benzene rings is 1. The molecule has 25 heavy (non-hydrogen) atoms. The number of rotatable bonds is 4. The van der Waals surface area contributed by atoms with Crippen LogP contribution in [0.25, 0.3) is 0 Å². The normalized spacial score (nSPS) is 27.2. The topological polar surface area (TPSA) is 41.1 Å². The second kappa shape index (κ2) is 7.02. The largest absolute Gasteiger partial charge is 0.349 e. The first kappa shape index (κ1) is 18.3. The summed E-state index contributed by atoms with van der Waals surface area (Å²) < 4.78 is 27.5. The molecule has 1 amide bonds. The van der Waals surface area contributed by atoms with Crippen LogP contribution in [-0.4, -0.2) is 18.0 Å². The molecule has 2 aliphatic heterocycles. The van der Waals surface area contributed by atoms with Gasteiger partial charge in [-0.2, -0.15) is 0 Å². The molecule has 3 nitrogen and oxygen atoms in total. The molecule has 2 bridgehead atoms. The van der Waals surface area contributed by atoms with Crippen LogP contribution in [0.3, 0.4) is 0 Å². The number of piperidine rings is 1. The Morgan fingerprint density at radius 2 is 1.88 bits per heavy atom. The van der Waals surface area contributed by atoms with E-state index >= 15 is 0 Å². The van der Waals surface area contributed by atoms with Gasteiger partial charge in [-0.1, -0.05) is 26.8 Å². The lowest BCUT2D eigenvalue weighted by molar-refractivity contribution is -0.123.